The highest BCUT2D eigenvalue weighted by Crippen LogP contribution is 2.28. The molecule has 94 valence electrons. The molecule has 0 spiro atoms. The van der Waals surface area contributed by atoms with Crippen LogP contribution in [0.1, 0.15) is 26.7 Å². The molecule has 0 aliphatic heterocycles. The number of hydrogen-bond donors (Lipinski definition) is 1. The smallest absolute Gasteiger partial charge is 0.285 e. The number of rotatable bonds is 6. The van der Waals surface area contributed by atoms with Crippen molar-refractivity contribution in [2.45, 2.75) is 26.7 Å². The molecule has 0 heterocycles. The van der Waals surface area contributed by atoms with Gasteiger partial charge in [0.2, 0.25) is 0 Å². The summed E-state index contributed by atoms with van der Waals surface area (Å²) in [5.74, 6) is 0.609. The topological polar surface area (TPSA) is 55.2 Å². The quantitative estimate of drug-likeness (QED) is 0.632. The van der Waals surface area contributed by atoms with E-state index >= 15 is 0 Å². The highest BCUT2D eigenvalue weighted by molar-refractivity contribution is 9.10. The predicted octanol–water partition coefficient (Wildman–Crippen LogP) is 4.21. The maximum absolute atomic E-state index is 10.8. The van der Waals surface area contributed by atoms with E-state index in [0.29, 0.717) is 10.4 Å². The number of nitro benzene ring substituents is 1. The van der Waals surface area contributed by atoms with Crippen LogP contribution in [-0.4, -0.2) is 11.5 Å². The van der Waals surface area contributed by atoms with Crippen molar-refractivity contribution in [3.63, 3.8) is 0 Å². The van der Waals surface area contributed by atoms with Crippen molar-refractivity contribution in [1.82, 2.24) is 0 Å². The Bertz CT molecular complexity index is 392. The van der Waals surface area contributed by atoms with Gasteiger partial charge in [0, 0.05) is 18.3 Å². The minimum absolute atomic E-state index is 0.0968. The molecule has 0 saturated carbocycles. The molecule has 1 aromatic carbocycles. The summed E-state index contributed by atoms with van der Waals surface area (Å²) < 4.78 is 0.510. The van der Waals surface area contributed by atoms with E-state index in [1.165, 1.54) is 0 Å². The van der Waals surface area contributed by atoms with E-state index in [9.17, 15) is 10.1 Å². The Kier molecular flexibility index (Phi) is 5.41. The zero-order valence-corrected chi connectivity index (χ0v) is 11.7. The first-order valence-electron chi connectivity index (χ1n) is 5.76. The van der Waals surface area contributed by atoms with Gasteiger partial charge in [0.05, 0.1) is 9.40 Å². The summed E-state index contributed by atoms with van der Waals surface area (Å²) in [4.78, 5) is 10.4. The number of benzene rings is 1. The standard InChI is InChI=1S/C12H17BrN2O2/c1-3-9(4-2)8-14-10-5-6-11(13)12(7-10)15(16)17/h5-7,9,14H,3-4,8H2,1-2H3. The number of nitrogens with zero attached hydrogens (tertiary/aromatic N) is 1. The fraction of sp³-hybridized carbons (Fsp3) is 0.500. The van der Waals surface area contributed by atoms with Crippen LogP contribution in [0.4, 0.5) is 11.4 Å². The predicted molar refractivity (Wildman–Crippen MR) is 73.4 cm³/mol. The van der Waals surface area contributed by atoms with Gasteiger partial charge in [-0.1, -0.05) is 26.7 Å². The normalized spacial score (nSPS) is 10.6. The second kappa shape index (κ2) is 6.59. The third-order valence-electron chi connectivity index (χ3n) is 2.89. The zero-order chi connectivity index (χ0) is 12.8. The van der Waals surface area contributed by atoms with Crippen molar-refractivity contribution in [1.29, 1.82) is 0 Å². The lowest BCUT2D eigenvalue weighted by atomic mass is 10.0. The van der Waals surface area contributed by atoms with E-state index in [1.54, 1.807) is 12.1 Å². The summed E-state index contributed by atoms with van der Waals surface area (Å²) >= 11 is 3.17. The molecule has 1 aromatic rings. The Hall–Kier alpha value is -1.10. The molecule has 0 unspecified atom stereocenters. The van der Waals surface area contributed by atoms with Crippen LogP contribution in [0.15, 0.2) is 22.7 Å². The van der Waals surface area contributed by atoms with Crippen LogP contribution in [0.2, 0.25) is 0 Å². The van der Waals surface area contributed by atoms with E-state index in [4.69, 9.17) is 0 Å². The lowest BCUT2D eigenvalue weighted by Crippen LogP contribution is -2.12. The van der Waals surface area contributed by atoms with Gasteiger partial charge in [0.1, 0.15) is 0 Å². The Morgan fingerprint density at radius 3 is 2.59 bits per heavy atom. The molecule has 0 aliphatic carbocycles. The van der Waals surface area contributed by atoms with Gasteiger partial charge in [0.15, 0.2) is 0 Å². The number of hydrogen-bond acceptors (Lipinski definition) is 3. The summed E-state index contributed by atoms with van der Waals surface area (Å²) in [6, 6.07) is 5.11. The largest absolute Gasteiger partial charge is 0.385 e. The van der Waals surface area contributed by atoms with Crippen molar-refractivity contribution in [2.75, 3.05) is 11.9 Å². The van der Waals surface area contributed by atoms with Crippen LogP contribution in [-0.2, 0) is 0 Å². The third-order valence-corrected chi connectivity index (χ3v) is 3.56. The molecule has 4 nitrogen and oxygen atoms in total. The summed E-state index contributed by atoms with van der Waals surface area (Å²) in [5, 5.41) is 14.0. The van der Waals surface area contributed by atoms with Crippen LogP contribution in [0.3, 0.4) is 0 Å². The molecule has 5 heteroatoms. The third kappa shape index (κ3) is 4.00. The molecule has 0 amide bonds. The molecule has 0 saturated heterocycles. The molecular formula is C12H17BrN2O2. The Morgan fingerprint density at radius 1 is 1.41 bits per heavy atom. The molecule has 0 aliphatic rings. The fourth-order valence-electron chi connectivity index (χ4n) is 1.60. The molecule has 0 aromatic heterocycles. The minimum Gasteiger partial charge on any atom is -0.385 e. The fourth-order valence-corrected chi connectivity index (χ4v) is 1.99. The van der Waals surface area contributed by atoms with Gasteiger partial charge < -0.3 is 5.32 Å². The Balaban J connectivity index is 2.72. The highest BCUT2D eigenvalue weighted by Gasteiger charge is 2.12. The summed E-state index contributed by atoms with van der Waals surface area (Å²) in [6.45, 7) is 5.16. The van der Waals surface area contributed by atoms with Gasteiger partial charge >= 0.3 is 0 Å². The van der Waals surface area contributed by atoms with E-state index in [0.717, 1.165) is 25.1 Å². The average Bonchev–Trinajstić information content (AvgIpc) is 2.32. The van der Waals surface area contributed by atoms with Crippen molar-refractivity contribution < 1.29 is 4.92 Å². The van der Waals surface area contributed by atoms with Gasteiger partial charge in [-0.2, -0.15) is 0 Å². The van der Waals surface area contributed by atoms with Crippen LogP contribution in [0.5, 0.6) is 0 Å². The average molecular weight is 301 g/mol. The molecule has 1 N–H and O–H groups in total. The minimum atomic E-state index is -0.383. The first-order chi connectivity index (χ1) is 8.08. The van der Waals surface area contributed by atoms with E-state index < -0.39 is 0 Å². The summed E-state index contributed by atoms with van der Waals surface area (Å²) in [6.07, 6.45) is 2.23. The van der Waals surface area contributed by atoms with E-state index in [2.05, 4.69) is 35.1 Å². The molecule has 1 rings (SSSR count). The van der Waals surface area contributed by atoms with Crippen LogP contribution >= 0.6 is 15.9 Å². The van der Waals surface area contributed by atoms with Crippen molar-refractivity contribution in [3.05, 3.63) is 32.8 Å². The summed E-state index contributed by atoms with van der Waals surface area (Å²) in [5.41, 5.74) is 0.895. The second-order valence-corrected chi connectivity index (χ2v) is 4.84. The lowest BCUT2D eigenvalue weighted by Gasteiger charge is -2.14. The van der Waals surface area contributed by atoms with Crippen molar-refractivity contribution >= 4 is 27.3 Å². The number of anilines is 1. The van der Waals surface area contributed by atoms with Crippen LogP contribution < -0.4 is 5.32 Å². The maximum Gasteiger partial charge on any atom is 0.285 e. The molecule has 0 bridgehead atoms. The number of nitro groups is 1. The van der Waals surface area contributed by atoms with Crippen LogP contribution in [0, 0.1) is 16.0 Å². The van der Waals surface area contributed by atoms with Gasteiger partial charge in [-0.25, -0.2) is 0 Å². The van der Waals surface area contributed by atoms with Crippen molar-refractivity contribution in [3.8, 4) is 0 Å². The molecule has 0 fully saturated rings. The number of halogens is 1. The number of nitrogens with one attached hydrogen (secondary N) is 1. The maximum atomic E-state index is 10.8. The first kappa shape index (κ1) is 14.0. The lowest BCUT2D eigenvalue weighted by molar-refractivity contribution is -0.385. The second-order valence-electron chi connectivity index (χ2n) is 3.99. The van der Waals surface area contributed by atoms with Gasteiger partial charge in [0.25, 0.3) is 5.69 Å². The highest BCUT2D eigenvalue weighted by atomic mass is 79.9. The van der Waals surface area contributed by atoms with Crippen molar-refractivity contribution in [2.24, 2.45) is 5.92 Å². The SMILES string of the molecule is CCC(CC)CNc1ccc(Br)c([N+](=O)[O-])c1. The first-order valence-corrected chi connectivity index (χ1v) is 6.55. The molecular weight excluding hydrogens is 284 g/mol. The molecule has 0 radical (unpaired) electrons. The van der Waals surface area contributed by atoms with Gasteiger partial charge in [-0.15, -0.1) is 0 Å². The molecule has 0 atom stereocenters. The van der Waals surface area contributed by atoms with Gasteiger partial charge in [-0.3, -0.25) is 10.1 Å². The van der Waals surface area contributed by atoms with E-state index in [1.807, 2.05) is 6.07 Å². The summed E-state index contributed by atoms with van der Waals surface area (Å²) in [7, 11) is 0. The van der Waals surface area contributed by atoms with Gasteiger partial charge in [-0.05, 0) is 34.0 Å². The van der Waals surface area contributed by atoms with E-state index in [-0.39, 0.29) is 10.6 Å². The zero-order valence-electron chi connectivity index (χ0n) is 10.1. The Labute approximate surface area is 110 Å². The van der Waals surface area contributed by atoms with Crippen LogP contribution in [0.25, 0.3) is 0 Å². The Morgan fingerprint density at radius 2 is 2.06 bits per heavy atom. The monoisotopic (exact) mass is 300 g/mol. The molecule has 17 heavy (non-hydrogen) atoms.